The first kappa shape index (κ1) is 15.9. The minimum absolute atomic E-state index is 0.244. The number of likely N-dealkylation sites (N-methyl/N-ethyl adjacent to an activating group) is 1. The zero-order chi connectivity index (χ0) is 14.8. The molecule has 0 fully saturated rings. The van der Waals surface area contributed by atoms with Crippen molar-refractivity contribution in [2.24, 2.45) is 0 Å². The third-order valence-electron chi connectivity index (χ3n) is 3.46. The topological polar surface area (TPSA) is 75.4 Å². The van der Waals surface area contributed by atoms with E-state index in [-0.39, 0.29) is 10.4 Å². The predicted molar refractivity (Wildman–Crippen MR) is 78.5 cm³/mol. The standard InChI is InChI=1S/C13H23N3O2S/c1-10-8-11(6-7-12(10)14)19(17,18)15-9-13(2,3)16(4)5/h6-8,15H,9,14H2,1-5H3. The molecule has 0 saturated heterocycles. The van der Waals surface area contributed by atoms with E-state index in [9.17, 15) is 8.42 Å². The van der Waals surface area contributed by atoms with Crippen LogP contribution in [0.3, 0.4) is 0 Å². The maximum Gasteiger partial charge on any atom is 0.240 e. The lowest BCUT2D eigenvalue weighted by Gasteiger charge is -2.32. The van der Waals surface area contributed by atoms with Crippen LogP contribution in [0.25, 0.3) is 0 Å². The quantitative estimate of drug-likeness (QED) is 0.797. The number of hydrogen-bond acceptors (Lipinski definition) is 4. The van der Waals surface area contributed by atoms with Gasteiger partial charge >= 0.3 is 0 Å². The van der Waals surface area contributed by atoms with Gasteiger partial charge in [-0.05, 0) is 58.6 Å². The molecule has 1 rings (SSSR count). The lowest BCUT2D eigenvalue weighted by molar-refractivity contribution is 0.199. The summed E-state index contributed by atoms with van der Waals surface area (Å²) in [4.78, 5) is 2.22. The number of sulfonamides is 1. The summed E-state index contributed by atoms with van der Waals surface area (Å²) in [6.45, 7) is 6.08. The molecule has 0 unspecified atom stereocenters. The number of anilines is 1. The smallest absolute Gasteiger partial charge is 0.240 e. The second-order valence-electron chi connectivity index (χ2n) is 5.55. The molecule has 0 radical (unpaired) electrons. The molecule has 108 valence electrons. The van der Waals surface area contributed by atoms with Crippen molar-refractivity contribution in [3.05, 3.63) is 23.8 Å². The van der Waals surface area contributed by atoms with E-state index < -0.39 is 10.0 Å². The van der Waals surface area contributed by atoms with Crippen LogP contribution < -0.4 is 10.5 Å². The van der Waals surface area contributed by atoms with Crippen LogP contribution in [0.4, 0.5) is 5.69 Å². The summed E-state index contributed by atoms with van der Waals surface area (Å²) in [6, 6.07) is 4.72. The summed E-state index contributed by atoms with van der Waals surface area (Å²) in [5, 5.41) is 0. The first-order chi connectivity index (χ1) is 8.56. The van der Waals surface area contributed by atoms with Gasteiger partial charge in [-0.1, -0.05) is 0 Å². The Morgan fingerprint density at radius 1 is 1.32 bits per heavy atom. The lowest BCUT2D eigenvalue weighted by Crippen LogP contribution is -2.48. The van der Waals surface area contributed by atoms with Crippen LogP contribution in [0.15, 0.2) is 23.1 Å². The van der Waals surface area contributed by atoms with Crippen LogP contribution in [0.1, 0.15) is 19.4 Å². The molecule has 0 bridgehead atoms. The fourth-order valence-electron chi connectivity index (χ4n) is 1.33. The van der Waals surface area contributed by atoms with Gasteiger partial charge in [-0.15, -0.1) is 0 Å². The van der Waals surface area contributed by atoms with Gasteiger partial charge in [-0.3, -0.25) is 0 Å². The van der Waals surface area contributed by atoms with Crippen LogP contribution in [-0.2, 0) is 10.0 Å². The third kappa shape index (κ3) is 3.92. The van der Waals surface area contributed by atoms with Crippen LogP contribution in [0, 0.1) is 6.92 Å². The van der Waals surface area contributed by atoms with Crippen molar-refractivity contribution in [3.63, 3.8) is 0 Å². The molecule has 0 aromatic heterocycles. The molecular weight excluding hydrogens is 262 g/mol. The molecule has 6 heteroatoms. The molecule has 19 heavy (non-hydrogen) atoms. The van der Waals surface area contributed by atoms with Gasteiger partial charge < -0.3 is 10.6 Å². The summed E-state index contributed by atoms with van der Waals surface area (Å²) in [7, 11) is 0.338. The van der Waals surface area contributed by atoms with E-state index in [1.54, 1.807) is 19.1 Å². The summed E-state index contributed by atoms with van der Waals surface area (Å²) in [6.07, 6.45) is 0. The fraction of sp³-hybridized carbons (Fsp3) is 0.538. The molecule has 0 atom stereocenters. The molecule has 0 aliphatic carbocycles. The number of nitrogens with two attached hydrogens (primary N) is 1. The Labute approximate surface area is 115 Å². The first-order valence-electron chi connectivity index (χ1n) is 6.09. The van der Waals surface area contributed by atoms with E-state index in [0.29, 0.717) is 12.2 Å². The van der Waals surface area contributed by atoms with E-state index in [2.05, 4.69) is 4.72 Å². The highest BCUT2D eigenvalue weighted by atomic mass is 32.2. The van der Waals surface area contributed by atoms with E-state index in [4.69, 9.17) is 5.73 Å². The van der Waals surface area contributed by atoms with Gasteiger partial charge in [-0.25, -0.2) is 13.1 Å². The highest BCUT2D eigenvalue weighted by Crippen LogP contribution is 2.17. The fourth-order valence-corrected chi connectivity index (χ4v) is 2.62. The van der Waals surface area contributed by atoms with E-state index >= 15 is 0 Å². The molecule has 1 aromatic carbocycles. The number of aryl methyl sites for hydroxylation is 1. The Kier molecular flexibility index (Phi) is 4.60. The van der Waals surface area contributed by atoms with Gasteiger partial charge in [0.1, 0.15) is 0 Å². The van der Waals surface area contributed by atoms with Gasteiger partial charge in [0.15, 0.2) is 0 Å². The number of hydrogen-bond donors (Lipinski definition) is 2. The van der Waals surface area contributed by atoms with E-state index in [1.807, 2.05) is 32.8 Å². The largest absolute Gasteiger partial charge is 0.399 e. The van der Waals surface area contributed by atoms with Crippen LogP contribution in [-0.4, -0.2) is 39.5 Å². The summed E-state index contributed by atoms with van der Waals surface area (Å²) in [5.74, 6) is 0. The van der Waals surface area contributed by atoms with Crippen LogP contribution >= 0.6 is 0 Å². The van der Waals surface area contributed by atoms with Crippen molar-refractivity contribution in [3.8, 4) is 0 Å². The number of rotatable bonds is 5. The normalized spacial score (nSPS) is 12.9. The van der Waals surface area contributed by atoms with Crippen molar-refractivity contribution in [2.45, 2.75) is 31.2 Å². The third-order valence-corrected chi connectivity index (χ3v) is 4.86. The number of nitrogen functional groups attached to an aromatic ring is 1. The maximum absolute atomic E-state index is 12.2. The molecule has 1 aromatic rings. The molecular formula is C13H23N3O2S. The number of nitrogens with zero attached hydrogens (tertiary/aromatic N) is 1. The van der Waals surface area contributed by atoms with Crippen molar-refractivity contribution in [1.29, 1.82) is 0 Å². The van der Waals surface area contributed by atoms with E-state index in [0.717, 1.165) is 5.56 Å². The van der Waals surface area contributed by atoms with Crippen LogP contribution in [0.5, 0.6) is 0 Å². The summed E-state index contributed by atoms with van der Waals surface area (Å²) in [5.41, 5.74) is 6.79. The molecule has 3 N–H and O–H groups in total. The van der Waals surface area contributed by atoms with Gasteiger partial charge in [0.05, 0.1) is 4.90 Å². The zero-order valence-corrected chi connectivity index (χ0v) is 13.0. The number of nitrogens with one attached hydrogen (secondary N) is 1. The molecule has 0 spiro atoms. The Morgan fingerprint density at radius 2 is 1.89 bits per heavy atom. The first-order valence-corrected chi connectivity index (χ1v) is 7.58. The average Bonchev–Trinajstić information content (AvgIpc) is 2.30. The summed E-state index contributed by atoms with van der Waals surface area (Å²) >= 11 is 0. The van der Waals surface area contributed by atoms with Gasteiger partial charge in [0, 0.05) is 17.8 Å². The lowest BCUT2D eigenvalue weighted by atomic mass is 10.1. The average molecular weight is 285 g/mol. The Balaban J connectivity index is 2.90. The number of benzene rings is 1. The molecule has 0 saturated carbocycles. The van der Waals surface area contributed by atoms with Crippen molar-refractivity contribution in [2.75, 3.05) is 26.4 Å². The minimum Gasteiger partial charge on any atom is -0.399 e. The predicted octanol–water partition coefficient (Wildman–Crippen LogP) is 1.20. The molecule has 0 heterocycles. The molecule has 5 nitrogen and oxygen atoms in total. The maximum atomic E-state index is 12.2. The Bertz CT molecular complexity index is 551. The molecule has 0 aliphatic rings. The Morgan fingerprint density at radius 3 is 2.37 bits per heavy atom. The monoisotopic (exact) mass is 285 g/mol. The van der Waals surface area contributed by atoms with Gasteiger partial charge in [0.25, 0.3) is 0 Å². The second-order valence-corrected chi connectivity index (χ2v) is 7.32. The summed E-state index contributed by atoms with van der Waals surface area (Å²) < 4.78 is 27.0. The molecule has 0 amide bonds. The highest BCUT2D eigenvalue weighted by molar-refractivity contribution is 7.89. The van der Waals surface area contributed by atoms with Crippen molar-refractivity contribution >= 4 is 15.7 Å². The van der Waals surface area contributed by atoms with Crippen molar-refractivity contribution in [1.82, 2.24) is 9.62 Å². The van der Waals surface area contributed by atoms with Gasteiger partial charge in [-0.2, -0.15) is 0 Å². The zero-order valence-electron chi connectivity index (χ0n) is 12.2. The van der Waals surface area contributed by atoms with Gasteiger partial charge in [0.2, 0.25) is 10.0 Å². The van der Waals surface area contributed by atoms with Crippen molar-refractivity contribution < 1.29 is 8.42 Å². The minimum atomic E-state index is -3.50. The van der Waals surface area contributed by atoms with Crippen LogP contribution in [0.2, 0.25) is 0 Å². The van der Waals surface area contributed by atoms with E-state index in [1.165, 1.54) is 6.07 Å². The second kappa shape index (κ2) is 5.48. The SMILES string of the molecule is Cc1cc(S(=O)(=O)NCC(C)(C)N(C)C)ccc1N. The molecule has 0 aliphatic heterocycles. The Hall–Kier alpha value is -1.11. The highest BCUT2D eigenvalue weighted by Gasteiger charge is 2.24.